The number of cyclic esters (lactones) is 1. The van der Waals surface area contributed by atoms with Gasteiger partial charge in [-0.1, -0.05) is 38.1 Å². The maximum atomic E-state index is 12.4. The van der Waals surface area contributed by atoms with Crippen LogP contribution in [0.2, 0.25) is 0 Å². The summed E-state index contributed by atoms with van der Waals surface area (Å²) in [5, 5.41) is 3.05. The van der Waals surface area contributed by atoms with Crippen LogP contribution in [-0.4, -0.2) is 24.5 Å². The van der Waals surface area contributed by atoms with Gasteiger partial charge in [-0.25, -0.2) is 0 Å². The Balaban J connectivity index is 1.72. The molecule has 1 aromatic rings. The molecule has 1 aliphatic heterocycles. The lowest BCUT2D eigenvalue weighted by atomic mass is 9.75. The van der Waals surface area contributed by atoms with Gasteiger partial charge in [-0.15, -0.1) is 0 Å². The van der Waals surface area contributed by atoms with Crippen LogP contribution in [0, 0.1) is 11.3 Å². The van der Waals surface area contributed by atoms with Crippen LogP contribution in [0.5, 0.6) is 0 Å². The van der Waals surface area contributed by atoms with Gasteiger partial charge in [0.1, 0.15) is 0 Å². The second kappa shape index (κ2) is 7.03. The largest absolute Gasteiger partial charge is 0.465 e. The fourth-order valence-electron chi connectivity index (χ4n) is 4.16. The van der Waals surface area contributed by atoms with Gasteiger partial charge >= 0.3 is 5.97 Å². The molecule has 2 aliphatic rings. The van der Waals surface area contributed by atoms with Crippen LogP contribution in [0.3, 0.4) is 0 Å². The maximum absolute atomic E-state index is 12.4. The zero-order valence-corrected chi connectivity index (χ0v) is 15.1. The van der Waals surface area contributed by atoms with Gasteiger partial charge in [-0.3, -0.25) is 9.59 Å². The highest BCUT2D eigenvalue weighted by Crippen LogP contribution is 2.52. The number of nitrogens with one attached hydrogen (secondary N) is 1. The van der Waals surface area contributed by atoms with E-state index >= 15 is 0 Å². The van der Waals surface area contributed by atoms with E-state index in [-0.39, 0.29) is 23.8 Å². The highest BCUT2D eigenvalue weighted by molar-refractivity contribution is 5.94. The SMILES string of the molecule is C=C1CC2COC(=O)C2(Cc2ccc(C(=O)NC(CC)CC)cc2)C1. The van der Waals surface area contributed by atoms with E-state index in [2.05, 4.69) is 25.7 Å². The summed E-state index contributed by atoms with van der Waals surface area (Å²) in [6.07, 6.45) is 4.10. The molecule has 1 heterocycles. The Morgan fingerprint density at radius 3 is 2.64 bits per heavy atom. The number of carbonyl (C=O) groups is 2. The Kier molecular flexibility index (Phi) is 4.98. The Morgan fingerprint density at radius 2 is 2.00 bits per heavy atom. The third-order valence-electron chi connectivity index (χ3n) is 5.76. The van der Waals surface area contributed by atoms with Gasteiger partial charge in [-0.05, 0) is 49.8 Å². The first kappa shape index (κ1) is 17.7. The first-order valence-corrected chi connectivity index (χ1v) is 9.22. The number of amides is 1. The summed E-state index contributed by atoms with van der Waals surface area (Å²) in [5.41, 5.74) is 2.42. The molecule has 134 valence electrons. The molecule has 0 spiro atoms. The van der Waals surface area contributed by atoms with Crippen LogP contribution >= 0.6 is 0 Å². The molecule has 1 aliphatic carbocycles. The number of allylic oxidation sites excluding steroid dienone is 1. The zero-order valence-electron chi connectivity index (χ0n) is 15.1. The van der Waals surface area contributed by atoms with Crippen LogP contribution in [0.25, 0.3) is 0 Å². The molecule has 1 saturated heterocycles. The smallest absolute Gasteiger partial charge is 0.313 e. The molecule has 0 bridgehead atoms. The molecular weight excluding hydrogens is 314 g/mol. The molecule has 25 heavy (non-hydrogen) atoms. The third kappa shape index (κ3) is 3.35. The molecule has 0 aromatic heterocycles. The Bertz CT molecular complexity index is 675. The number of carbonyl (C=O) groups excluding carboxylic acids is 2. The molecule has 3 rings (SSSR count). The summed E-state index contributed by atoms with van der Waals surface area (Å²) < 4.78 is 5.33. The number of hydrogen-bond acceptors (Lipinski definition) is 3. The molecule has 4 heteroatoms. The number of rotatable bonds is 6. The number of ether oxygens (including phenoxy) is 1. The molecule has 1 aromatic carbocycles. The van der Waals surface area contributed by atoms with Crippen molar-refractivity contribution in [1.82, 2.24) is 5.32 Å². The van der Waals surface area contributed by atoms with Gasteiger partial charge in [0.05, 0.1) is 12.0 Å². The van der Waals surface area contributed by atoms with Crippen molar-refractivity contribution in [3.63, 3.8) is 0 Å². The second-order valence-electron chi connectivity index (χ2n) is 7.44. The van der Waals surface area contributed by atoms with Crippen LogP contribution in [0.1, 0.15) is 55.5 Å². The molecule has 1 amide bonds. The van der Waals surface area contributed by atoms with Gasteiger partial charge in [-0.2, -0.15) is 0 Å². The summed E-state index contributed by atoms with van der Waals surface area (Å²) in [6, 6.07) is 7.83. The summed E-state index contributed by atoms with van der Waals surface area (Å²) in [5.74, 6) is 0.114. The van der Waals surface area contributed by atoms with Crippen molar-refractivity contribution in [3.05, 3.63) is 47.5 Å². The third-order valence-corrected chi connectivity index (χ3v) is 5.76. The van der Waals surface area contributed by atoms with Crippen LogP contribution in [0.15, 0.2) is 36.4 Å². The highest BCUT2D eigenvalue weighted by atomic mass is 16.5. The average molecular weight is 341 g/mol. The first-order valence-electron chi connectivity index (χ1n) is 9.22. The summed E-state index contributed by atoms with van der Waals surface area (Å²) in [7, 11) is 0. The lowest BCUT2D eigenvalue weighted by Gasteiger charge is -2.24. The number of esters is 1. The lowest BCUT2D eigenvalue weighted by Crippen LogP contribution is -2.34. The normalized spacial score (nSPS) is 25.2. The zero-order chi connectivity index (χ0) is 18.0. The first-order chi connectivity index (χ1) is 12.0. The lowest BCUT2D eigenvalue weighted by molar-refractivity contribution is -0.146. The van der Waals surface area contributed by atoms with Gasteiger partial charge in [0, 0.05) is 17.5 Å². The second-order valence-corrected chi connectivity index (χ2v) is 7.44. The van der Waals surface area contributed by atoms with Crippen molar-refractivity contribution in [2.75, 3.05) is 6.61 Å². The van der Waals surface area contributed by atoms with Gasteiger partial charge < -0.3 is 10.1 Å². The van der Waals surface area contributed by atoms with E-state index in [0.29, 0.717) is 25.0 Å². The van der Waals surface area contributed by atoms with Crippen molar-refractivity contribution in [1.29, 1.82) is 0 Å². The molecule has 2 fully saturated rings. The molecule has 2 unspecified atom stereocenters. The van der Waals surface area contributed by atoms with Crippen molar-refractivity contribution in [2.24, 2.45) is 11.3 Å². The number of fused-ring (bicyclic) bond motifs is 1. The fourth-order valence-corrected chi connectivity index (χ4v) is 4.16. The van der Waals surface area contributed by atoms with Gasteiger partial charge in [0.2, 0.25) is 0 Å². The molecular formula is C21H27NO3. The van der Waals surface area contributed by atoms with Crippen molar-refractivity contribution >= 4 is 11.9 Å². The molecule has 2 atom stereocenters. The van der Waals surface area contributed by atoms with E-state index in [1.54, 1.807) is 0 Å². The topological polar surface area (TPSA) is 55.4 Å². The minimum Gasteiger partial charge on any atom is -0.465 e. The molecule has 0 radical (unpaired) electrons. The van der Waals surface area contributed by atoms with E-state index in [4.69, 9.17) is 4.74 Å². The van der Waals surface area contributed by atoms with E-state index in [1.807, 2.05) is 24.3 Å². The molecule has 1 N–H and O–H groups in total. The predicted octanol–water partition coefficient (Wildman–Crippen LogP) is 3.66. The van der Waals surface area contributed by atoms with Crippen LogP contribution < -0.4 is 5.32 Å². The Labute approximate surface area is 149 Å². The van der Waals surface area contributed by atoms with Crippen molar-refractivity contribution in [3.8, 4) is 0 Å². The van der Waals surface area contributed by atoms with Crippen molar-refractivity contribution in [2.45, 2.75) is 52.0 Å². The van der Waals surface area contributed by atoms with Gasteiger partial charge in [0.25, 0.3) is 5.91 Å². The minimum absolute atomic E-state index is 0.0363. The summed E-state index contributed by atoms with van der Waals surface area (Å²) in [6.45, 7) is 8.73. The highest BCUT2D eigenvalue weighted by Gasteiger charge is 2.55. The van der Waals surface area contributed by atoms with E-state index in [9.17, 15) is 9.59 Å². The molecule has 1 saturated carbocycles. The fraction of sp³-hybridized carbons (Fsp3) is 0.524. The van der Waals surface area contributed by atoms with E-state index in [1.165, 1.54) is 0 Å². The summed E-state index contributed by atoms with van der Waals surface area (Å²) >= 11 is 0. The Hall–Kier alpha value is -2.10. The van der Waals surface area contributed by atoms with Gasteiger partial charge in [0.15, 0.2) is 0 Å². The predicted molar refractivity (Wildman–Crippen MR) is 97.2 cm³/mol. The monoisotopic (exact) mass is 341 g/mol. The van der Waals surface area contributed by atoms with Crippen molar-refractivity contribution < 1.29 is 14.3 Å². The average Bonchev–Trinajstić information content (AvgIpc) is 3.07. The number of benzene rings is 1. The van der Waals surface area contributed by atoms with E-state index < -0.39 is 5.41 Å². The standard InChI is InChI=1S/C21H27NO3/c1-4-18(5-2)22-19(23)16-8-6-15(7-9-16)12-21-11-14(3)10-17(21)13-25-20(21)24/h6-9,17-18H,3-5,10-13H2,1-2H3,(H,22,23). The summed E-state index contributed by atoms with van der Waals surface area (Å²) in [4.78, 5) is 24.7. The minimum atomic E-state index is -0.448. The van der Waals surface area contributed by atoms with Crippen LogP contribution in [-0.2, 0) is 16.0 Å². The Morgan fingerprint density at radius 1 is 1.32 bits per heavy atom. The van der Waals surface area contributed by atoms with Crippen LogP contribution in [0.4, 0.5) is 0 Å². The number of hydrogen-bond donors (Lipinski definition) is 1. The van der Waals surface area contributed by atoms with E-state index in [0.717, 1.165) is 30.4 Å². The molecule has 4 nitrogen and oxygen atoms in total. The quantitative estimate of drug-likeness (QED) is 0.635. The maximum Gasteiger partial charge on any atom is 0.313 e.